The first kappa shape index (κ1) is 18.2. The molecule has 0 aromatic heterocycles. The molecular weight excluding hydrogens is 298 g/mol. The molecule has 1 rings (SSSR count). The van der Waals surface area contributed by atoms with Gasteiger partial charge in [-0.3, -0.25) is 4.79 Å². The normalized spacial score (nSPS) is 12.2. The van der Waals surface area contributed by atoms with Crippen LogP contribution in [0.1, 0.15) is 25.0 Å². The molecule has 1 aromatic carbocycles. The van der Waals surface area contributed by atoms with Crippen molar-refractivity contribution >= 4 is 18.0 Å². The van der Waals surface area contributed by atoms with Crippen LogP contribution in [0.5, 0.6) is 5.75 Å². The maximum Gasteiger partial charge on any atom is 0.352 e. The highest BCUT2D eigenvalue weighted by Gasteiger charge is 2.12. The summed E-state index contributed by atoms with van der Waals surface area (Å²) in [4.78, 5) is 22.3. The molecule has 7 heteroatoms. The zero-order valence-corrected chi connectivity index (χ0v) is 13.2. The van der Waals surface area contributed by atoms with Gasteiger partial charge in [-0.15, -0.1) is 0 Å². The lowest BCUT2D eigenvalue weighted by molar-refractivity contribution is -0.134. The Labute approximate surface area is 134 Å². The van der Waals surface area contributed by atoms with E-state index in [4.69, 9.17) is 15.1 Å². The first-order chi connectivity index (χ1) is 10.9. The van der Waals surface area contributed by atoms with E-state index in [0.717, 1.165) is 0 Å². The summed E-state index contributed by atoms with van der Waals surface area (Å²) >= 11 is 0. The van der Waals surface area contributed by atoms with Crippen molar-refractivity contribution in [2.24, 2.45) is 0 Å². The van der Waals surface area contributed by atoms with Crippen LogP contribution in [0.25, 0.3) is 6.08 Å². The Kier molecular flexibility index (Phi) is 6.77. The number of benzene rings is 1. The number of hydrogen-bond acceptors (Lipinski definition) is 5. The van der Waals surface area contributed by atoms with Gasteiger partial charge < -0.3 is 20.5 Å². The number of hydrogen-bond donors (Lipinski definition) is 3. The van der Waals surface area contributed by atoms with Crippen molar-refractivity contribution in [3.05, 3.63) is 35.0 Å². The number of rotatable bonds is 7. The summed E-state index contributed by atoms with van der Waals surface area (Å²) in [6.07, 6.45) is 1.30. The van der Waals surface area contributed by atoms with Gasteiger partial charge in [-0.05, 0) is 38.2 Å². The second-order valence-corrected chi connectivity index (χ2v) is 4.91. The third-order valence-corrected chi connectivity index (χ3v) is 2.97. The summed E-state index contributed by atoms with van der Waals surface area (Å²) in [5, 5.41) is 23.4. The minimum absolute atomic E-state index is 0.0758. The lowest BCUT2D eigenvalue weighted by atomic mass is 10.1. The molecule has 0 fully saturated rings. The van der Waals surface area contributed by atoms with Crippen LogP contribution in [0.15, 0.2) is 23.9 Å². The van der Waals surface area contributed by atoms with Crippen molar-refractivity contribution in [1.82, 2.24) is 10.6 Å². The molecule has 3 N–H and O–H groups in total. The van der Waals surface area contributed by atoms with Crippen molar-refractivity contribution in [2.45, 2.75) is 19.9 Å². The van der Waals surface area contributed by atoms with Gasteiger partial charge in [0.25, 0.3) is 0 Å². The number of carboxylic acids is 1. The van der Waals surface area contributed by atoms with E-state index in [-0.39, 0.29) is 11.7 Å². The van der Waals surface area contributed by atoms with Crippen LogP contribution < -0.4 is 15.4 Å². The Morgan fingerprint density at radius 2 is 2.17 bits per heavy atom. The van der Waals surface area contributed by atoms with Crippen molar-refractivity contribution in [3.8, 4) is 11.8 Å². The number of carboxylic acid groups (broad SMARTS) is 1. The van der Waals surface area contributed by atoms with Crippen LogP contribution in [0.4, 0.5) is 0 Å². The quantitative estimate of drug-likeness (QED) is 0.650. The van der Waals surface area contributed by atoms with Crippen LogP contribution in [0.2, 0.25) is 0 Å². The number of nitriles is 1. The largest absolute Gasteiger partial charge is 0.491 e. The van der Waals surface area contributed by atoms with Gasteiger partial charge >= 0.3 is 5.97 Å². The smallest absolute Gasteiger partial charge is 0.352 e. The Bertz CT molecular complexity index is 662. The second kappa shape index (κ2) is 8.56. The minimum Gasteiger partial charge on any atom is -0.491 e. The van der Waals surface area contributed by atoms with Gasteiger partial charge in [0.1, 0.15) is 18.1 Å². The van der Waals surface area contributed by atoms with Crippen molar-refractivity contribution in [1.29, 1.82) is 5.26 Å². The van der Waals surface area contributed by atoms with Crippen molar-refractivity contribution < 1.29 is 19.4 Å². The maximum absolute atomic E-state index is 11.2. The summed E-state index contributed by atoms with van der Waals surface area (Å²) < 4.78 is 5.65. The highest BCUT2D eigenvalue weighted by atomic mass is 16.5. The summed E-state index contributed by atoms with van der Waals surface area (Å²) in [7, 11) is 1.79. The molecule has 1 aromatic rings. The highest BCUT2D eigenvalue weighted by molar-refractivity contribution is 5.96. The standard InChI is InChI=1S/C16H19N3O4/c1-10(18-3)9-23-15-6-12(8-17)4-5-13(15)7-14(16(21)22)19-11(2)20/h4-7,10,18H,9H2,1-3H3,(H,19,20)(H,21,22)/b14-7-. The van der Waals surface area contributed by atoms with E-state index in [1.54, 1.807) is 19.2 Å². The number of likely N-dealkylation sites (N-methyl/N-ethyl adjacent to an activating group) is 1. The number of amides is 1. The molecule has 0 saturated heterocycles. The van der Waals surface area contributed by atoms with Crippen molar-refractivity contribution in [2.75, 3.05) is 13.7 Å². The average molecular weight is 317 g/mol. The molecule has 1 unspecified atom stereocenters. The SMILES string of the molecule is CNC(C)COc1cc(C#N)ccc1/C=C(\NC(C)=O)C(=O)O. The number of nitrogens with one attached hydrogen (secondary N) is 2. The van der Waals surface area contributed by atoms with Gasteiger partial charge in [-0.25, -0.2) is 4.79 Å². The molecule has 7 nitrogen and oxygen atoms in total. The predicted octanol–water partition coefficient (Wildman–Crippen LogP) is 1.11. The number of carbonyl (C=O) groups excluding carboxylic acids is 1. The number of carbonyl (C=O) groups is 2. The van der Waals surface area contributed by atoms with E-state index in [2.05, 4.69) is 10.6 Å². The molecule has 0 radical (unpaired) electrons. The summed E-state index contributed by atoms with van der Waals surface area (Å²) in [5.74, 6) is -1.38. The Hall–Kier alpha value is -2.85. The fourth-order valence-corrected chi connectivity index (χ4v) is 1.64. The van der Waals surface area contributed by atoms with E-state index in [9.17, 15) is 9.59 Å². The molecule has 1 atom stereocenters. The second-order valence-electron chi connectivity index (χ2n) is 4.91. The lowest BCUT2D eigenvalue weighted by Gasteiger charge is -2.14. The third kappa shape index (κ3) is 5.80. The monoisotopic (exact) mass is 317 g/mol. The molecule has 0 aliphatic rings. The number of aliphatic carboxylic acids is 1. The minimum atomic E-state index is -1.26. The molecule has 0 spiro atoms. The third-order valence-electron chi connectivity index (χ3n) is 2.97. The molecule has 1 amide bonds. The highest BCUT2D eigenvalue weighted by Crippen LogP contribution is 2.23. The Morgan fingerprint density at radius 3 is 2.70 bits per heavy atom. The van der Waals surface area contributed by atoms with Gasteiger partial charge in [0.05, 0.1) is 11.6 Å². The lowest BCUT2D eigenvalue weighted by Crippen LogP contribution is -2.28. The van der Waals surface area contributed by atoms with Gasteiger partial charge in [0.15, 0.2) is 0 Å². The summed E-state index contributed by atoms with van der Waals surface area (Å²) in [5.41, 5.74) is 0.581. The van der Waals surface area contributed by atoms with E-state index >= 15 is 0 Å². The maximum atomic E-state index is 11.2. The van der Waals surface area contributed by atoms with E-state index in [1.807, 2.05) is 13.0 Å². The topological polar surface area (TPSA) is 111 Å². The molecular formula is C16H19N3O4. The summed E-state index contributed by atoms with van der Waals surface area (Å²) in [6.45, 7) is 3.49. The van der Waals surface area contributed by atoms with E-state index in [1.165, 1.54) is 19.1 Å². The molecule has 23 heavy (non-hydrogen) atoms. The Morgan fingerprint density at radius 1 is 1.48 bits per heavy atom. The van der Waals surface area contributed by atoms with Crippen molar-refractivity contribution in [3.63, 3.8) is 0 Å². The van der Waals surface area contributed by atoms with Gasteiger partial charge in [-0.1, -0.05) is 0 Å². The van der Waals surface area contributed by atoms with Gasteiger partial charge in [0.2, 0.25) is 5.91 Å². The zero-order valence-electron chi connectivity index (χ0n) is 13.2. The number of ether oxygens (including phenoxy) is 1. The fraction of sp³-hybridized carbons (Fsp3) is 0.312. The van der Waals surface area contributed by atoms with Crippen LogP contribution >= 0.6 is 0 Å². The molecule has 0 bridgehead atoms. The number of nitrogens with zero attached hydrogens (tertiary/aromatic N) is 1. The van der Waals surface area contributed by atoms with Crippen LogP contribution in [0.3, 0.4) is 0 Å². The van der Waals surface area contributed by atoms with Gasteiger partial charge in [0, 0.05) is 18.5 Å². The average Bonchev–Trinajstić information content (AvgIpc) is 2.52. The van der Waals surface area contributed by atoms with E-state index in [0.29, 0.717) is 23.5 Å². The first-order valence-electron chi connectivity index (χ1n) is 6.94. The predicted molar refractivity (Wildman–Crippen MR) is 84.6 cm³/mol. The van der Waals surface area contributed by atoms with Gasteiger partial charge in [-0.2, -0.15) is 5.26 Å². The first-order valence-corrected chi connectivity index (χ1v) is 6.94. The molecule has 0 aliphatic heterocycles. The van der Waals surface area contributed by atoms with E-state index < -0.39 is 11.9 Å². The molecule has 0 heterocycles. The molecule has 122 valence electrons. The summed E-state index contributed by atoms with van der Waals surface area (Å²) in [6, 6.07) is 6.73. The zero-order chi connectivity index (χ0) is 17.4. The molecule has 0 aliphatic carbocycles. The van der Waals surface area contributed by atoms with Crippen LogP contribution in [-0.4, -0.2) is 36.7 Å². The fourth-order valence-electron chi connectivity index (χ4n) is 1.64. The van der Waals surface area contributed by atoms with Crippen LogP contribution in [0, 0.1) is 11.3 Å². The van der Waals surface area contributed by atoms with Crippen LogP contribution in [-0.2, 0) is 9.59 Å². The molecule has 0 saturated carbocycles. The Balaban J connectivity index is 3.19.